The first-order valence-electron chi connectivity index (χ1n) is 11.8. The molecule has 0 aromatic heterocycles. The molecule has 1 aliphatic heterocycles. The smallest absolute Gasteiger partial charge is 0.178 e. The highest BCUT2D eigenvalue weighted by molar-refractivity contribution is 6.49. The molecule has 3 heteroatoms. The van der Waals surface area contributed by atoms with Crippen LogP contribution in [0.15, 0.2) is 63.5 Å². The third kappa shape index (κ3) is 5.15. The molecule has 0 radical (unpaired) electrons. The number of hydrogen-bond acceptors (Lipinski definition) is 2. The van der Waals surface area contributed by atoms with Gasteiger partial charge in [0.05, 0.1) is 11.4 Å². The molecule has 0 amide bonds. The Morgan fingerprint density at radius 3 is 1.41 bits per heavy atom. The molecule has 0 unspecified atom stereocenters. The second-order valence-corrected chi connectivity index (χ2v) is 9.76. The van der Waals surface area contributed by atoms with Crippen LogP contribution in [0.2, 0.25) is 0 Å². The Balaban J connectivity index is 2.23. The predicted octanol–water partition coefficient (Wildman–Crippen LogP) is 8.62. The zero-order chi connectivity index (χ0) is 23.4. The molecule has 2 aromatic rings. The molecular weight excluding hydrogens is 390 g/mol. The van der Waals surface area contributed by atoms with Crippen molar-refractivity contribution in [3.63, 3.8) is 0 Å². The Labute approximate surface area is 194 Å². The minimum atomic E-state index is 0.380. The molecule has 3 rings (SSSR count). The molecule has 0 saturated carbocycles. The molecule has 0 aliphatic carbocycles. The lowest BCUT2D eigenvalue weighted by Gasteiger charge is -2.19. The lowest BCUT2D eigenvalue weighted by atomic mass is 9.92. The van der Waals surface area contributed by atoms with E-state index in [-0.39, 0.29) is 0 Å². The zero-order valence-corrected chi connectivity index (χ0v) is 20.8. The van der Waals surface area contributed by atoms with E-state index in [2.05, 4.69) is 96.8 Å². The summed E-state index contributed by atoms with van der Waals surface area (Å²) in [5.74, 6) is 2.21. The van der Waals surface area contributed by atoms with Crippen LogP contribution in [0, 0.1) is 0 Å². The Kier molecular flexibility index (Phi) is 7.60. The summed E-state index contributed by atoms with van der Waals surface area (Å²) in [6, 6.07) is 13.0. The van der Waals surface area contributed by atoms with Crippen molar-refractivity contribution in [1.82, 2.24) is 0 Å². The van der Waals surface area contributed by atoms with Crippen LogP contribution in [0.4, 0.5) is 11.4 Å². The minimum absolute atomic E-state index is 0.380. The molecule has 0 N–H and O–H groups in total. The SMILES string of the molecule is CC(C)c1cccc(C(C)C)c1N=C1C=CC=NC1=Nc1c(C(C)C)cccc1C(C)C. The highest BCUT2D eigenvalue weighted by Crippen LogP contribution is 2.37. The fourth-order valence-corrected chi connectivity index (χ4v) is 4.07. The molecule has 0 spiro atoms. The number of aliphatic imine (C=N–C) groups is 3. The summed E-state index contributed by atoms with van der Waals surface area (Å²) in [6.07, 6.45) is 5.78. The predicted molar refractivity (Wildman–Crippen MR) is 141 cm³/mol. The van der Waals surface area contributed by atoms with Crippen molar-refractivity contribution in [1.29, 1.82) is 0 Å². The summed E-state index contributed by atoms with van der Waals surface area (Å²) in [6.45, 7) is 17.8. The fourth-order valence-electron chi connectivity index (χ4n) is 4.07. The van der Waals surface area contributed by atoms with Crippen molar-refractivity contribution in [3.8, 4) is 0 Å². The van der Waals surface area contributed by atoms with Crippen LogP contribution in [-0.4, -0.2) is 17.8 Å². The van der Waals surface area contributed by atoms with Crippen LogP contribution in [0.1, 0.15) is 101 Å². The first-order valence-corrected chi connectivity index (χ1v) is 11.8. The topological polar surface area (TPSA) is 37.1 Å². The van der Waals surface area contributed by atoms with E-state index < -0.39 is 0 Å². The number of para-hydroxylation sites is 2. The van der Waals surface area contributed by atoms with Gasteiger partial charge in [-0.15, -0.1) is 0 Å². The molecule has 0 bridgehead atoms. The van der Waals surface area contributed by atoms with Gasteiger partial charge >= 0.3 is 0 Å². The quantitative estimate of drug-likeness (QED) is 0.442. The summed E-state index contributed by atoms with van der Waals surface area (Å²) in [7, 11) is 0. The molecule has 2 aromatic carbocycles. The summed E-state index contributed by atoms with van der Waals surface area (Å²) >= 11 is 0. The van der Waals surface area contributed by atoms with Crippen molar-refractivity contribution in [3.05, 3.63) is 70.8 Å². The molecule has 168 valence electrons. The number of rotatable bonds is 6. The third-order valence-corrected chi connectivity index (χ3v) is 5.90. The standard InChI is InChI=1S/C29H37N3/c1-18(2)22-12-9-13-23(19(3)4)27(22)31-26-16-11-17-30-29(26)32-28-24(20(5)6)14-10-15-25(28)21(7)8/h9-21H,1-8H3. The Bertz CT molecular complexity index is 940. The number of amidine groups is 1. The van der Waals surface area contributed by atoms with E-state index in [1.807, 2.05) is 18.4 Å². The van der Waals surface area contributed by atoms with Crippen LogP contribution in [0.3, 0.4) is 0 Å². The largest absolute Gasteiger partial charge is 0.244 e. The molecular formula is C29H37N3. The summed E-state index contributed by atoms with van der Waals surface area (Å²) in [5.41, 5.74) is 7.93. The monoisotopic (exact) mass is 427 g/mol. The van der Waals surface area contributed by atoms with Gasteiger partial charge in [-0.3, -0.25) is 0 Å². The molecule has 32 heavy (non-hydrogen) atoms. The maximum Gasteiger partial charge on any atom is 0.178 e. The normalized spacial score (nSPS) is 16.5. The first-order chi connectivity index (χ1) is 15.2. The van der Waals surface area contributed by atoms with Gasteiger partial charge in [-0.25, -0.2) is 15.0 Å². The number of allylic oxidation sites excluding steroid dienone is 1. The maximum atomic E-state index is 5.17. The average Bonchev–Trinajstić information content (AvgIpc) is 2.74. The molecule has 1 heterocycles. The van der Waals surface area contributed by atoms with E-state index >= 15 is 0 Å². The number of benzene rings is 2. The van der Waals surface area contributed by atoms with E-state index in [1.54, 1.807) is 0 Å². The van der Waals surface area contributed by atoms with E-state index in [0.717, 1.165) is 17.1 Å². The van der Waals surface area contributed by atoms with Gasteiger partial charge in [-0.1, -0.05) is 91.8 Å². The van der Waals surface area contributed by atoms with Gasteiger partial charge in [0.2, 0.25) is 0 Å². The van der Waals surface area contributed by atoms with E-state index in [0.29, 0.717) is 29.5 Å². The molecule has 0 fully saturated rings. The van der Waals surface area contributed by atoms with Crippen molar-refractivity contribution < 1.29 is 0 Å². The number of hydrogen-bond donors (Lipinski definition) is 0. The van der Waals surface area contributed by atoms with Gasteiger partial charge < -0.3 is 0 Å². The van der Waals surface area contributed by atoms with Gasteiger partial charge in [0.1, 0.15) is 5.71 Å². The van der Waals surface area contributed by atoms with Crippen LogP contribution in [0.5, 0.6) is 0 Å². The van der Waals surface area contributed by atoms with Gasteiger partial charge in [-0.05, 0) is 58.1 Å². The first kappa shape index (κ1) is 23.8. The summed E-state index contributed by atoms with van der Waals surface area (Å²) in [5, 5.41) is 0. The fraction of sp³-hybridized carbons (Fsp3) is 0.414. The molecule has 1 aliphatic rings. The number of nitrogens with zero attached hydrogens (tertiary/aromatic N) is 3. The Morgan fingerprint density at radius 1 is 0.594 bits per heavy atom. The highest BCUT2D eigenvalue weighted by atomic mass is 15.0. The molecule has 0 saturated heterocycles. The third-order valence-electron chi connectivity index (χ3n) is 5.90. The van der Waals surface area contributed by atoms with Crippen molar-refractivity contribution >= 4 is 29.1 Å². The average molecular weight is 428 g/mol. The highest BCUT2D eigenvalue weighted by Gasteiger charge is 2.18. The van der Waals surface area contributed by atoms with Crippen LogP contribution in [0.25, 0.3) is 0 Å². The minimum Gasteiger partial charge on any atom is -0.244 e. The second kappa shape index (κ2) is 10.2. The zero-order valence-electron chi connectivity index (χ0n) is 20.8. The van der Waals surface area contributed by atoms with Crippen LogP contribution < -0.4 is 0 Å². The van der Waals surface area contributed by atoms with Gasteiger partial charge in [0, 0.05) is 6.21 Å². The summed E-state index contributed by atoms with van der Waals surface area (Å²) < 4.78 is 0. The Hall–Kier alpha value is -2.81. The second-order valence-electron chi connectivity index (χ2n) is 9.76. The van der Waals surface area contributed by atoms with E-state index in [9.17, 15) is 0 Å². The number of dihydropyridines is 1. The van der Waals surface area contributed by atoms with Crippen LogP contribution in [-0.2, 0) is 0 Å². The summed E-state index contributed by atoms with van der Waals surface area (Å²) in [4.78, 5) is 15.0. The van der Waals surface area contributed by atoms with E-state index in [4.69, 9.17) is 9.98 Å². The van der Waals surface area contributed by atoms with Crippen molar-refractivity contribution in [2.45, 2.75) is 79.1 Å². The Morgan fingerprint density at radius 2 is 1.00 bits per heavy atom. The van der Waals surface area contributed by atoms with Gasteiger partial charge in [0.25, 0.3) is 0 Å². The molecule has 3 nitrogen and oxygen atoms in total. The van der Waals surface area contributed by atoms with Gasteiger partial charge in [0.15, 0.2) is 5.84 Å². The van der Waals surface area contributed by atoms with Crippen LogP contribution >= 0.6 is 0 Å². The lowest BCUT2D eigenvalue weighted by molar-refractivity contribution is 0.834. The van der Waals surface area contributed by atoms with E-state index in [1.165, 1.54) is 22.3 Å². The van der Waals surface area contributed by atoms with Crippen molar-refractivity contribution in [2.24, 2.45) is 15.0 Å². The molecule has 0 atom stereocenters. The van der Waals surface area contributed by atoms with Crippen molar-refractivity contribution in [2.75, 3.05) is 0 Å². The maximum absolute atomic E-state index is 5.17. The lowest BCUT2D eigenvalue weighted by Crippen LogP contribution is -2.13. The van der Waals surface area contributed by atoms with Gasteiger partial charge in [-0.2, -0.15) is 0 Å².